The third-order valence-electron chi connectivity index (χ3n) is 5.71. The van der Waals surface area contributed by atoms with Gasteiger partial charge in [-0.3, -0.25) is 9.48 Å². The predicted octanol–water partition coefficient (Wildman–Crippen LogP) is 2.83. The number of aryl methyl sites for hydroxylation is 2. The van der Waals surface area contributed by atoms with Crippen LogP contribution in [0.3, 0.4) is 0 Å². The van der Waals surface area contributed by atoms with Crippen molar-refractivity contribution in [1.29, 1.82) is 0 Å². The Morgan fingerprint density at radius 1 is 1.31 bits per heavy atom. The van der Waals surface area contributed by atoms with E-state index in [1.54, 1.807) is 0 Å². The summed E-state index contributed by atoms with van der Waals surface area (Å²) in [5, 5.41) is 3.91. The fourth-order valence-corrected chi connectivity index (χ4v) is 4.92. The standard InChI is InChI=1S/C25H36N6O4S/c1-5-8-20-22-23(31(4)29-20)25(32)28-24(27-22)19-16-18(10-11-21(19)35-15-6-2)36(33,34)26-13-12-17-9-7-14-30(17)3/h10-11,16-17,26H,5-9,12-15H2,1-4H3,(H,27,28,32)/i3D3,4D3,8D2,12D2. The van der Waals surface area contributed by atoms with Crippen LogP contribution in [0, 0.1) is 0 Å². The van der Waals surface area contributed by atoms with Crippen molar-refractivity contribution in [2.75, 3.05) is 26.7 Å². The maximum atomic E-state index is 13.4. The van der Waals surface area contributed by atoms with Crippen molar-refractivity contribution >= 4 is 21.1 Å². The van der Waals surface area contributed by atoms with Crippen molar-refractivity contribution in [3.05, 3.63) is 34.2 Å². The van der Waals surface area contributed by atoms with Crippen molar-refractivity contribution in [2.24, 2.45) is 6.98 Å². The van der Waals surface area contributed by atoms with E-state index in [0.29, 0.717) is 17.5 Å². The Bertz CT molecular complexity index is 1750. The molecular weight excluding hydrogens is 480 g/mol. The number of likely N-dealkylation sites (tertiary alicyclic amines) is 1. The quantitative estimate of drug-likeness (QED) is 0.394. The van der Waals surface area contributed by atoms with Crippen LogP contribution in [0.1, 0.15) is 65.3 Å². The molecule has 11 heteroatoms. The zero-order chi connectivity index (χ0) is 34.5. The number of aromatic nitrogens is 4. The number of sulfonamides is 1. The largest absolute Gasteiger partial charge is 0.493 e. The minimum Gasteiger partial charge on any atom is -0.493 e. The van der Waals surface area contributed by atoms with Gasteiger partial charge in [-0.05, 0) is 63.7 Å². The Morgan fingerprint density at radius 2 is 2.17 bits per heavy atom. The predicted molar refractivity (Wildman–Crippen MR) is 140 cm³/mol. The van der Waals surface area contributed by atoms with Crippen molar-refractivity contribution in [2.45, 2.75) is 63.2 Å². The Morgan fingerprint density at radius 3 is 2.92 bits per heavy atom. The summed E-state index contributed by atoms with van der Waals surface area (Å²) in [6.07, 6.45) is -3.28. The summed E-state index contributed by atoms with van der Waals surface area (Å²) in [7, 11) is -4.42. The Labute approximate surface area is 226 Å². The number of ether oxygens (including phenoxy) is 1. The van der Waals surface area contributed by atoms with E-state index in [1.165, 1.54) is 19.1 Å². The lowest BCUT2D eigenvalue weighted by molar-refractivity contribution is 0.297. The second-order valence-corrected chi connectivity index (χ2v) is 10.1. The summed E-state index contributed by atoms with van der Waals surface area (Å²) in [5.74, 6) is -0.130. The summed E-state index contributed by atoms with van der Waals surface area (Å²) in [5.41, 5.74) is -2.17. The molecule has 1 unspecified atom stereocenters. The molecule has 0 aliphatic carbocycles. The summed E-state index contributed by atoms with van der Waals surface area (Å²) in [4.78, 5) is 20.9. The van der Waals surface area contributed by atoms with E-state index in [-0.39, 0.29) is 59.2 Å². The first kappa shape index (κ1) is 16.2. The number of fused-ring (bicyclic) bond motifs is 1. The molecule has 1 saturated heterocycles. The molecule has 3 aromatic rings. The van der Waals surface area contributed by atoms with Gasteiger partial charge in [0.2, 0.25) is 10.0 Å². The highest BCUT2D eigenvalue weighted by Crippen LogP contribution is 2.31. The van der Waals surface area contributed by atoms with E-state index >= 15 is 0 Å². The number of aromatic amines is 1. The van der Waals surface area contributed by atoms with E-state index in [4.69, 9.17) is 18.4 Å². The molecule has 3 heterocycles. The Kier molecular flexibility index (Phi) is 4.98. The zero-order valence-electron chi connectivity index (χ0n) is 30.1. The van der Waals surface area contributed by atoms with Gasteiger partial charge in [-0.1, -0.05) is 20.3 Å². The highest BCUT2D eigenvalue weighted by molar-refractivity contribution is 7.89. The molecule has 1 aromatic carbocycles. The number of nitrogens with zero attached hydrogens (tertiary/aromatic N) is 4. The molecule has 4 rings (SSSR count). The van der Waals surface area contributed by atoms with Crippen molar-refractivity contribution in [1.82, 2.24) is 29.4 Å². The molecule has 0 saturated carbocycles. The highest BCUT2D eigenvalue weighted by Gasteiger charge is 2.23. The number of H-pyrrole nitrogens is 1. The molecule has 0 amide bonds. The maximum Gasteiger partial charge on any atom is 0.277 e. The van der Waals surface area contributed by atoms with Gasteiger partial charge in [0.15, 0.2) is 5.52 Å². The second-order valence-electron chi connectivity index (χ2n) is 8.29. The number of hydrogen-bond acceptors (Lipinski definition) is 7. The minimum atomic E-state index is -4.42. The Balaban J connectivity index is 1.80. The lowest BCUT2D eigenvalue weighted by Gasteiger charge is -2.19. The fourth-order valence-electron chi connectivity index (χ4n) is 3.96. The van der Waals surface area contributed by atoms with E-state index in [9.17, 15) is 13.2 Å². The number of hydrogen-bond donors (Lipinski definition) is 2. The van der Waals surface area contributed by atoms with Crippen LogP contribution in [0.25, 0.3) is 22.4 Å². The molecule has 1 fully saturated rings. The van der Waals surface area contributed by atoms with Gasteiger partial charge >= 0.3 is 0 Å². The highest BCUT2D eigenvalue weighted by atomic mass is 32.2. The molecule has 1 aliphatic heterocycles. The van der Waals surface area contributed by atoms with Gasteiger partial charge in [0, 0.05) is 33.3 Å². The average molecular weight is 527 g/mol. The average Bonchev–Trinajstić information content (AvgIpc) is 3.62. The van der Waals surface area contributed by atoms with Crippen LogP contribution < -0.4 is 15.0 Å². The maximum absolute atomic E-state index is 13.4. The normalized spacial score (nSPS) is 22.3. The Hall–Kier alpha value is -2.76. The summed E-state index contributed by atoms with van der Waals surface area (Å²) in [6, 6.07) is 2.63. The third-order valence-corrected chi connectivity index (χ3v) is 7.10. The third kappa shape index (κ3) is 5.47. The van der Waals surface area contributed by atoms with Crippen LogP contribution in [0.15, 0.2) is 27.9 Å². The van der Waals surface area contributed by atoms with Crippen LogP contribution >= 0.6 is 0 Å². The van der Waals surface area contributed by atoms with E-state index in [0.717, 1.165) is 11.0 Å². The van der Waals surface area contributed by atoms with E-state index in [1.807, 2.05) is 6.92 Å². The molecule has 0 radical (unpaired) electrons. The molecule has 36 heavy (non-hydrogen) atoms. The van der Waals surface area contributed by atoms with Gasteiger partial charge in [-0.2, -0.15) is 5.10 Å². The number of rotatable bonds is 11. The first-order chi connectivity index (χ1) is 21.1. The minimum absolute atomic E-state index is 0.0210. The van der Waals surface area contributed by atoms with Crippen LogP contribution in [0.2, 0.25) is 0 Å². The van der Waals surface area contributed by atoms with Crippen LogP contribution in [-0.4, -0.2) is 65.8 Å². The molecular formula is C25H36N6O4S. The molecule has 196 valence electrons. The second kappa shape index (κ2) is 11.1. The van der Waals surface area contributed by atoms with Crippen LogP contribution in [0.4, 0.5) is 0 Å². The van der Waals surface area contributed by atoms with Gasteiger partial charge in [0.25, 0.3) is 5.56 Å². The van der Waals surface area contributed by atoms with Gasteiger partial charge in [-0.15, -0.1) is 0 Å². The van der Waals surface area contributed by atoms with Gasteiger partial charge in [-0.25, -0.2) is 18.1 Å². The molecule has 2 N–H and O–H groups in total. The smallest absolute Gasteiger partial charge is 0.277 e. The van der Waals surface area contributed by atoms with Crippen LogP contribution in [0.5, 0.6) is 5.75 Å². The topological polar surface area (TPSA) is 122 Å². The zero-order valence-corrected chi connectivity index (χ0v) is 20.9. The molecule has 1 atom stereocenters. The summed E-state index contributed by atoms with van der Waals surface area (Å²) in [6.45, 7) is -2.50. The van der Waals surface area contributed by atoms with Gasteiger partial charge in [0.05, 0.1) is 22.8 Å². The molecule has 0 spiro atoms. The van der Waals surface area contributed by atoms with Gasteiger partial charge in [0.1, 0.15) is 17.1 Å². The number of benzene rings is 1. The lowest BCUT2D eigenvalue weighted by atomic mass is 10.1. The van der Waals surface area contributed by atoms with Gasteiger partial charge < -0.3 is 14.6 Å². The van der Waals surface area contributed by atoms with Crippen LogP contribution in [-0.2, 0) is 23.4 Å². The van der Waals surface area contributed by atoms with E-state index < -0.39 is 60.4 Å². The molecule has 0 bridgehead atoms. The lowest BCUT2D eigenvalue weighted by Crippen LogP contribution is -2.31. The first-order valence-electron chi connectivity index (χ1n) is 16.7. The fraction of sp³-hybridized carbons (Fsp3) is 0.560. The van der Waals surface area contributed by atoms with E-state index in [2.05, 4.69) is 19.8 Å². The van der Waals surface area contributed by atoms with Crippen molar-refractivity contribution in [3.63, 3.8) is 0 Å². The molecule has 1 aliphatic rings. The first-order valence-corrected chi connectivity index (χ1v) is 13.2. The molecule has 2 aromatic heterocycles. The van der Waals surface area contributed by atoms with Crippen molar-refractivity contribution in [3.8, 4) is 17.1 Å². The molecule has 10 nitrogen and oxygen atoms in total. The summed E-state index contributed by atoms with van der Waals surface area (Å²) < 4.78 is 116. The summed E-state index contributed by atoms with van der Waals surface area (Å²) >= 11 is 0. The van der Waals surface area contributed by atoms with Crippen molar-refractivity contribution < 1.29 is 26.9 Å². The monoisotopic (exact) mass is 526 g/mol. The number of nitrogens with one attached hydrogen (secondary N) is 2. The SMILES string of the molecule is [2H]C([2H])(CC)c1nn(C([2H])([2H])[2H])c2c(=O)[nH]c(-c3cc(S(=O)(=O)NCC([2H])([2H])C4CCCN4C([2H])([2H])[2H])ccc3OCCC)nc12.